The van der Waals surface area contributed by atoms with Gasteiger partial charge in [-0.1, -0.05) is 6.08 Å². The minimum absolute atomic E-state index is 0. The number of aromatic amines is 1. The van der Waals surface area contributed by atoms with Gasteiger partial charge in [-0.3, -0.25) is 14.3 Å². The summed E-state index contributed by atoms with van der Waals surface area (Å²) in [6, 6.07) is 0. The van der Waals surface area contributed by atoms with Crippen molar-refractivity contribution >= 4 is 0 Å². The number of rotatable bonds is 2. The number of aromatic nitrogens is 2. The average molecular weight is 227 g/mol. The summed E-state index contributed by atoms with van der Waals surface area (Å²) in [5.41, 5.74) is -0.491. The summed E-state index contributed by atoms with van der Waals surface area (Å²) in [7, 11) is 0. The van der Waals surface area contributed by atoms with Gasteiger partial charge >= 0.3 is 5.69 Å². The summed E-state index contributed by atoms with van der Waals surface area (Å²) in [6.45, 7) is 1.47. The predicted molar refractivity (Wildman–Crippen MR) is 58.3 cm³/mol. The van der Waals surface area contributed by atoms with Crippen molar-refractivity contribution < 1.29 is 11.3 Å². The number of H-pyrrole nitrogens is 1. The molecule has 0 aromatic carbocycles. The van der Waals surface area contributed by atoms with E-state index in [4.69, 9.17) is 9.84 Å². The van der Waals surface area contributed by atoms with E-state index in [1.807, 2.05) is 0 Å². The Hall–Kier alpha value is -1.66. The van der Waals surface area contributed by atoms with Gasteiger partial charge in [0.2, 0.25) is 0 Å². The van der Waals surface area contributed by atoms with E-state index in [0.717, 1.165) is 0 Å². The molecule has 1 aromatic rings. The minimum Gasteiger partial charge on any atom is -0.393 e. The lowest BCUT2D eigenvalue weighted by Crippen LogP contribution is -2.33. The van der Waals surface area contributed by atoms with Crippen molar-refractivity contribution in [2.45, 2.75) is 19.3 Å². The third-order valence-corrected chi connectivity index (χ3v) is 2.40. The number of nitrogens with zero attached hydrogens (tertiary/aromatic N) is 1. The van der Waals surface area contributed by atoms with Crippen LogP contribution in [-0.2, 0) is 4.74 Å². The fourth-order valence-corrected chi connectivity index (χ4v) is 1.53. The molecule has 2 N–H and O–H groups in total. The molecule has 16 heavy (non-hydrogen) atoms. The topological polar surface area (TPSA) is 84.3 Å². The summed E-state index contributed by atoms with van der Waals surface area (Å²) in [5, 5.41) is 8.88. The van der Waals surface area contributed by atoms with Crippen molar-refractivity contribution in [2.24, 2.45) is 0 Å². The summed E-state index contributed by atoms with van der Waals surface area (Å²) in [6.07, 6.45) is 3.82. The van der Waals surface area contributed by atoms with Gasteiger partial charge in [-0.05, 0) is 13.0 Å². The molecule has 0 amide bonds. The monoisotopic (exact) mass is 227 g/mol. The molecule has 1 aromatic heterocycles. The van der Waals surface area contributed by atoms with Crippen LogP contribution in [0.15, 0.2) is 27.9 Å². The lowest BCUT2D eigenvalue weighted by atomic mass is 10.3. The molecule has 0 spiro atoms. The zero-order valence-corrected chi connectivity index (χ0v) is 8.71. The van der Waals surface area contributed by atoms with Crippen LogP contribution >= 0.6 is 0 Å². The molecule has 2 unspecified atom stereocenters. The van der Waals surface area contributed by atoms with Crippen LogP contribution in [0.25, 0.3) is 0 Å². The van der Waals surface area contributed by atoms with E-state index in [9.17, 15) is 9.59 Å². The van der Waals surface area contributed by atoms with E-state index in [1.165, 1.54) is 10.8 Å². The highest BCUT2D eigenvalue weighted by Gasteiger charge is 2.20. The Morgan fingerprint density at radius 1 is 1.56 bits per heavy atom. The predicted octanol–water partition coefficient (Wildman–Crippen LogP) is -0.463. The minimum atomic E-state index is -0.569. The maximum Gasteiger partial charge on any atom is 0.330 e. The molecule has 0 fully saturated rings. The first-order valence-electron chi connectivity index (χ1n) is 4.88. The van der Waals surface area contributed by atoms with Crippen molar-refractivity contribution in [1.29, 1.82) is 0 Å². The molecule has 1 aliphatic heterocycles. The second kappa shape index (κ2) is 4.07. The van der Waals surface area contributed by atoms with Crippen LogP contribution in [0.3, 0.4) is 0 Å². The number of hydrogen-bond donors (Lipinski definition) is 2. The maximum atomic E-state index is 11.5. The number of aryl methyl sites for hydroxylation is 1. The fraction of sp³-hybridized carbons (Fsp3) is 0.400. The van der Waals surface area contributed by atoms with Gasteiger partial charge in [0, 0.05) is 13.2 Å². The van der Waals surface area contributed by atoms with Crippen LogP contribution in [-0.4, -0.2) is 27.4 Å². The smallest absolute Gasteiger partial charge is 0.330 e. The summed E-state index contributed by atoms with van der Waals surface area (Å²) in [5.74, 6) is 0. The lowest BCUT2D eigenvalue weighted by molar-refractivity contribution is -0.0104. The summed E-state index contributed by atoms with van der Waals surface area (Å²) in [4.78, 5) is 24.9. The van der Waals surface area contributed by atoms with Gasteiger partial charge < -0.3 is 9.84 Å². The summed E-state index contributed by atoms with van der Waals surface area (Å²) >= 11 is 0. The highest BCUT2D eigenvalue weighted by Crippen LogP contribution is 2.18. The average Bonchev–Trinajstić information content (AvgIpc) is 2.71. The molecule has 0 saturated heterocycles. The van der Waals surface area contributed by atoms with E-state index < -0.39 is 23.6 Å². The number of ether oxygens (including phenoxy) is 1. The number of hydrogen-bond acceptors (Lipinski definition) is 4. The van der Waals surface area contributed by atoms with E-state index in [1.54, 1.807) is 19.1 Å². The molecular weight excluding hydrogens is 212 g/mol. The molecule has 0 radical (unpaired) electrons. The zero-order chi connectivity index (χ0) is 11.7. The highest BCUT2D eigenvalue weighted by atomic mass is 16.5. The quantitative estimate of drug-likeness (QED) is 0.669. The first kappa shape index (κ1) is 10.8. The first-order chi connectivity index (χ1) is 7.61. The largest absolute Gasteiger partial charge is 0.393 e. The van der Waals surface area contributed by atoms with Gasteiger partial charge in [-0.2, -0.15) is 0 Å². The third kappa shape index (κ3) is 1.84. The number of nitrogens with one attached hydrogen (secondary N) is 1. The first-order valence-corrected chi connectivity index (χ1v) is 4.88. The van der Waals surface area contributed by atoms with Crippen LogP contribution in [0.1, 0.15) is 13.2 Å². The van der Waals surface area contributed by atoms with Gasteiger partial charge in [0.25, 0.3) is 5.56 Å². The molecule has 0 aliphatic carbocycles. The van der Waals surface area contributed by atoms with Gasteiger partial charge in [0.05, 0.1) is 6.61 Å². The van der Waals surface area contributed by atoms with Gasteiger partial charge in [-0.25, -0.2) is 4.79 Å². The Morgan fingerprint density at radius 3 is 2.94 bits per heavy atom. The Morgan fingerprint density at radius 2 is 2.31 bits per heavy atom. The van der Waals surface area contributed by atoms with Crippen LogP contribution in [0, 0.1) is 6.92 Å². The SMILES string of the molecule is Cc1cn(C2C=CC(CO)O2)c(=O)[nH]c1=O.[2HH]. The lowest BCUT2D eigenvalue weighted by Gasteiger charge is -2.14. The molecule has 2 rings (SSSR count). The van der Waals surface area contributed by atoms with Gasteiger partial charge in [0.15, 0.2) is 6.23 Å². The van der Waals surface area contributed by atoms with Crippen LogP contribution < -0.4 is 11.2 Å². The molecule has 88 valence electrons. The number of aliphatic hydroxyl groups is 1. The highest BCUT2D eigenvalue weighted by molar-refractivity contribution is 5.06. The normalized spacial score (nSPS) is 23.9. The number of aliphatic hydroxyl groups excluding tert-OH is 1. The van der Waals surface area contributed by atoms with E-state index in [-0.39, 0.29) is 8.03 Å². The Balaban J connectivity index is 0.00000144. The van der Waals surface area contributed by atoms with E-state index >= 15 is 0 Å². The summed E-state index contributed by atoms with van der Waals surface area (Å²) < 4.78 is 6.63. The van der Waals surface area contributed by atoms with Crippen molar-refractivity contribution in [1.82, 2.24) is 9.55 Å². The van der Waals surface area contributed by atoms with Gasteiger partial charge in [0.1, 0.15) is 6.10 Å². The second-order valence-corrected chi connectivity index (χ2v) is 3.61. The van der Waals surface area contributed by atoms with Crippen molar-refractivity contribution in [3.8, 4) is 0 Å². The van der Waals surface area contributed by atoms with Crippen LogP contribution in [0.2, 0.25) is 0 Å². The zero-order valence-electron chi connectivity index (χ0n) is 8.71. The van der Waals surface area contributed by atoms with Gasteiger partial charge in [-0.15, -0.1) is 0 Å². The molecule has 6 nitrogen and oxygen atoms in total. The van der Waals surface area contributed by atoms with Crippen LogP contribution in [0.5, 0.6) is 0 Å². The van der Waals surface area contributed by atoms with E-state index in [2.05, 4.69) is 4.98 Å². The molecule has 1 aliphatic rings. The van der Waals surface area contributed by atoms with Crippen molar-refractivity contribution in [3.05, 3.63) is 44.8 Å². The second-order valence-electron chi connectivity index (χ2n) is 3.61. The molecule has 0 bridgehead atoms. The molecule has 2 heterocycles. The van der Waals surface area contributed by atoms with E-state index in [0.29, 0.717) is 5.56 Å². The van der Waals surface area contributed by atoms with Crippen LogP contribution in [0.4, 0.5) is 0 Å². The van der Waals surface area contributed by atoms with Crippen molar-refractivity contribution in [2.75, 3.05) is 6.61 Å². The standard InChI is InChI=1S/C10H12N2O4.H2/c1-6-4-12(10(15)11-9(6)14)8-3-2-7(5-13)16-8;/h2-4,7-8,13H,5H2,1H3,(H,11,14,15);1H/i;1+1. The Kier molecular flexibility index (Phi) is 2.76. The third-order valence-electron chi connectivity index (χ3n) is 2.40. The molecule has 6 heteroatoms. The molecule has 2 atom stereocenters. The Labute approximate surface area is 92.3 Å². The molecular formula is C10H14N2O4. The van der Waals surface area contributed by atoms with Crippen molar-refractivity contribution in [3.63, 3.8) is 0 Å². The maximum absolute atomic E-state index is 11.5. The Bertz CT molecular complexity index is 534. The fourth-order valence-electron chi connectivity index (χ4n) is 1.53. The molecule has 0 saturated carbocycles.